The van der Waals surface area contributed by atoms with E-state index in [1.54, 1.807) is 0 Å². The predicted molar refractivity (Wildman–Crippen MR) is 88.7 cm³/mol. The molecule has 0 spiro atoms. The second kappa shape index (κ2) is 5.38. The van der Waals surface area contributed by atoms with Crippen molar-refractivity contribution in [3.8, 4) is 5.69 Å². The lowest BCUT2D eigenvalue weighted by Crippen LogP contribution is -2.15. The molecule has 0 aliphatic carbocycles. The minimum Gasteiger partial charge on any atom is -0.306 e. The van der Waals surface area contributed by atoms with Gasteiger partial charge in [0.25, 0.3) is 0 Å². The summed E-state index contributed by atoms with van der Waals surface area (Å²) in [6.07, 6.45) is 2.94. The Morgan fingerprint density at radius 3 is 2.91 bits per heavy atom. The Balaban J connectivity index is 1.94. The first-order valence-electron chi connectivity index (χ1n) is 7.50. The molecule has 112 valence electrons. The zero-order chi connectivity index (χ0) is 15.1. The lowest BCUT2D eigenvalue weighted by atomic mass is 10.1. The number of likely N-dealkylation sites (tertiary alicyclic amines) is 1. The van der Waals surface area contributed by atoms with Gasteiger partial charge in [-0.1, -0.05) is 17.7 Å². The number of nitrogens with zero attached hydrogens (tertiary/aromatic N) is 4. The fourth-order valence-corrected chi connectivity index (χ4v) is 3.40. The van der Waals surface area contributed by atoms with Crippen LogP contribution in [0.5, 0.6) is 0 Å². The first kappa shape index (κ1) is 13.7. The average molecular weight is 313 g/mol. The van der Waals surface area contributed by atoms with Gasteiger partial charge in [0, 0.05) is 23.7 Å². The number of pyridine rings is 1. The zero-order valence-corrected chi connectivity index (χ0v) is 13.2. The van der Waals surface area contributed by atoms with Crippen molar-refractivity contribution >= 4 is 22.8 Å². The number of halogens is 1. The van der Waals surface area contributed by atoms with Crippen molar-refractivity contribution in [3.05, 3.63) is 53.4 Å². The third-order valence-electron chi connectivity index (χ3n) is 4.26. The number of benzene rings is 1. The lowest BCUT2D eigenvalue weighted by Gasteiger charge is -2.14. The van der Waals surface area contributed by atoms with Gasteiger partial charge in [0.1, 0.15) is 11.3 Å². The van der Waals surface area contributed by atoms with Crippen LogP contribution in [0, 0.1) is 0 Å². The molecule has 1 aliphatic heterocycles. The molecule has 1 unspecified atom stereocenters. The summed E-state index contributed by atoms with van der Waals surface area (Å²) < 4.78 is 2.16. The molecule has 3 heterocycles. The SMILES string of the molecule is CN1CCC(c2nc3cccnc3n2-c2cccc(Cl)c2)C1. The average Bonchev–Trinajstić information content (AvgIpc) is 3.10. The standard InChI is InChI=1S/C17H17ClN4/c1-21-9-7-12(11-21)16-20-15-6-3-8-19-17(15)22(16)14-5-2-4-13(18)10-14/h2-6,8,10,12H,7,9,11H2,1H3. The highest BCUT2D eigenvalue weighted by Gasteiger charge is 2.27. The van der Waals surface area contributed by atoms with Crippen molar-refractivity contribution in [1.29, 1.82) is 0 Å². The summed E-state index contributed by atoms with van der Waals surface area (Å²) in [5, 5.41) is 0.727. The molecule has 1 fully saturated rings. The van der Waals surface area contributed by atoms with Crippen LogP contribution in [0.3, 0.4) is 0 Å². The van der Waals surface area contributed by atoms with Gasteiger partial charge in [0.2, 0.25) is 0 Å². The zero-order valence-electron chi connectivity index (χ0n) is 12.4. The van der Waals surface area contributed by atoms with Crippen LogP contribution in [-0.2, 0) is 0 Å². The number of hydrogen-bond acceptors (Lipinski definition) is 3. The van der Waals surface area contributed by atoms with E-state index in [0.717, 1.165) is 47.2 Å². The number of hydrogen-bond donors (Lipinski definition) is 0. The third kappa shape index (κ3) is 2.28. The van der Waals surface area contributed by atoms with E-state index < -0.39 is 0 Å². The lowest BCUT2D eigenvalue weighted by molar-refractivity contribution is 0.409. The molecule has 2 aromatic heterocycles. The predicted octanol–water partition coefficient (Wildman–Crippen LogP) is 3.49. The van der Waals surface area contributed by atoms with Gasteiger partial charge in [-0.3, -0.25) is 4.57 Å². The fraction of sp³-hybridized carbons (Fsp3) is 0.294. The summed E-state index contributed by atoms with van der Waals surface area (Å²) in [4.78, 5) is 11.8. The van der Waals surface area contributed by atoms with Gasteiger partial charge in [0.05, 0.1) is 5.69 Å². The van der Waals surface area contributed by atoms with Crippen LogP contribution in [-0.4, -0.2) is 39.6 Å². The highest BCUT2D eigenvalue weighted by atomic mass is 35.5. The number of fused-ring (bicyclic) bond motifs is 1. The van der Waals surface area contributed by atoms with Gasteiger partial charge in [-0.25, -0.2) is 9.97 Å². The fourth-order valence-electron chi connectivity index (χ4n) is 3.22. The van der Waals surface area contributed by atoms with Gasteiger partial charge >= 0.3 is 0 Å². The number of aromatic nitrogens is 3. The highest BCUT2D eigenvalue weighted by Crippen LogP contribution is 2.31. The Kier molecular flexibility index (Phi) is 3.36. The van der Waals surface area contributed by atoms with E-state index in [9.17, 15) is 0 Å². The summed E-state index contributed by atoms with van der Waals surface area (Å²) in [7, 11) is 2.16. The molecule has 1 aliphatic rings. The molecule has 4 rings (SSSR count). The Morgan fingerprint density at radius 2 is 2.14 bits per heavy atom. The molecule has 0 bridgehead atoms. The van der Waals surface area contributed by atoms with Gasteiger partial charge in [0.15, 0.2) is 5.65 Å². The number of likely N-dealkylation sites (N-methyl/N-ethyl adjacent to an activating group) is 1. The number of imidazole rings is 1. The van der Waals surface area contributed by atoms with Crippen LogP contribution in [0.25, 0.3) is 16.9 Å². The summed E-state index contributed by atoms with van der Waals surface area (Å²) in [5.74, 6) is 1.51. The second-order valence-electron chi connectivity index (χ2n) is 5.88. The second-order valence-corrected chi connectivity index (χ2v) is 6.32. The molecule has 3 aromatic rings. The van der Waals surface area contributed by atoms with Crippen molar-refractivity contribution < 1.29 is 0 Å². The van der Waals surface area contributed by atoms with Crippen molar-refractivity contribution in [3.63, 3.8) is 0 Å². The van der Waals surface area contributed by atoms with E-state index in [0.29, 0.717) is 5.92 Å². The minimum atomic E-state index is 0.429. The van der Waals surface area contributed by atoms with Crippen molar-refractivity contribution in [1.82, 2.24) is 19.4 Å². The largest absolute Gasteiger partial charge is 0.306 e. The van der Waals surface area contributed by atoms with Crippen LogP contribution in [0.1, 0.15) is 18.2 Å². The van der Waals surface area contributed by atoms with Gasteiger partial charge < -0.3 is 4.90 Å². The summed E-state index contributed by atoms with van der Waals surface area (Å²) >= 11 is 6.19. The quantitative estimate of drug-likeness (QED) is 0.726. The first-order chi connectivity index (χ1) is 10.7. The molecule has 1 aromatic carbocycles. The van der Waals surface area contributed by atoms with E-state index >= 15 is 0 Å². The maximum Gasteiger partial charge on any atom is 0.164 e. The Hall–Kier alpha value is -1.91. The normalized spacial score (nSPS) is 19.1. The van der Waals surface area contributed by atoms with Crippen LogP contribution >= 0.6 is 11.6 Å². The first-order valence-corrected chi connectivity index (χ1v) is 7.88. The summed E-state index contributed by atoms with van der Waals surface area (Å²) in [6, 6.07) is 11.8. The number of rotatable bonds is 2. The summed E-state index contributed by atoms with van der Waals surface area (Å²) in [5.41, 5.74) is 2.86. The van der Waals surface area contributed by atoms with Gasteiger partial charge in [-0.05, 0) is 50.3 Å². The van der Waals surface area contributed by atoms with Crippen molar-refractivity contribution in [2.45, 2.75) is 12.3 Å². The van der Waals surface area contributed by atoms with Crippen LogP contribution in [0.15, 0.2) is 42.6 Å². The molecule has 5 heteroatoms. The van der Waals surface area contributed by atoms with Gasteiger partial charge in [-0.15, -0.1) is 0 Å². The summed E-state index contributed by atoms with van der Waals surface area (Å²) in [6.45, 7) is 2.14. The smallest absolute Gasteiger partial charge is 0.164 e. The maximum atomic E-state index is 6.19. The van der Waals surface area contributed by atoms with E-state index in [4.69, 9.17) is 16.6 Å². The monoisotopic (exact) mass is 312 g/mol. The third-order valence-corrected chi connectivity index (χ3v) is 4.50. The van der Waals surface area contributed by atoms with E-state index in [1.807, 2.05) is 36.5 Å². The van der Waals surface area contributed by atoms with Crippen molar-refractivity contribution in [2.24, 2.45) is 0 Å². The Bertz CT molecular complexity index is 826. The molecule has 0 saturated carbocycles. The molecular formula is C17H17ClN4. The van der Waals surface area contributed by atoms with Gasteiger partial charge in [-0.2, -0.15) is 0 Å². The van der Waals surface area contributed by atoms with Crippen LogP contribution in [0.2, 0.25) is 5.02 Å². The molecule has 0 amide bonds. The Morgan fingerprint density at radius 1 is 1.23 bits per heavy atom. The molecule has 4 nitrogen and oxygen atoms in total. The molecule has 1 atom stereocenters. The van der Waals surface area contributed by atoms with E-state index in [2.05, 4.69) is 27.6 Å². The van der Waals surface area contributed by atoms with Crippen LogP contribution in [0.4, 0.5) is 0 Å². The van der Waals surface area contributed by atoms with Crippen LogP contribution < -0.4 is 0 Å². The van der Waals surface area contributed by atoms with Crippen molar-refractivity contribution in [2.75, 3.05) is 20.1 Å². The maximum absolute atomic E-state index is 6.19. The van der Waals surface area contributed by atoms with E-state index in [1.165, 1.54) is 0 Å². The molecular weight excluding hydrogens is 296 g/mol. The molecule has 0 N–H and O–H groups in total. The highest BCUT2D eigenvalue weighted by molar-refractivity contribution is 6.30. The molecule has 1 saturated heterocycles. The molecule has 0 radical (unpaired) electrons. The molecule has 22 heavy (non-hydrogen) atoms. The minimum absolute atomic E-state index is 0.429. The van der Waals surface area contributed by atoms with E-state index in [-0.39, 0.29) is 0 Å². The Labute approximate surface area is 134 Å². The topological polar surface area (TPSA) is 34.0 Å².